The van der Waals surface area contributed by atoms with Crippen molar-refractivity contribution in [1.29, 1.82) is 0 Å². The average molecular weight is 338 g/mol. The predicted molar refractivity (Wildman–Crippen MR) is 85.5 cm³/mol. The molecule has 0 fully saturated rings. The Hall–Kier alpha value is -3.61. The molecule has 0 aliphatic heterocycles. The summed E-state index contributed by atoms with van der Waals surface area (Å²) in [6.45, 7) is 1.50. The first-order chi connectivity index (χ1) is 11.8. The zero-order valence-corrected chi connectivity index (χ0v) is 12.8. The molecule has 0 saturated carbocycles. The number of hydrogen-bond donors (Lipinski definition) is 3. The van der Waals surface area contributed by atoms with E-state index >= 15 is 0 Å². The Kier molecular flexibility index (Phi) is 2.81. The van der Waals surface area contributed by atoms with Gasteiger partial charge in [-0.15, -0.1) is 0 Å². The summed E-state index contributed by atoms with van der Waals surface area (Å²) < 4.78 is 5.46. The summed E-state index contributed by atoms with van der Waals surface area (Å²) in [7, 11) is 0. The van der Waals surface area contributed by atoms with Crippen LogP contribution in [0.4, 0.5) is 0 Å². The lowest BCUT2D eigenvalue weighted by Gasteiger charge is -2.20. The van der Waals surface area contributed by atoms with Crippen LogP contribution in [0.15, 0.2) is 33.5 Å². The Morgan fingerprint density at radius 3 is 2.16 bits per heavy atom. The molecule has 0 saturated heterocycles. The number of hydrogen-bond acceptors (Lipinski definition) is 7. The maximum atomic E-state index is 12.9. The molecule has 0 amide bonds. The van der Waals surface area contributed by atoms with Gasteiger partial charge in [-0.25, -0.2) is 0 Å². The molecule has 4 rings (SSSR count). The standard InChI is InChI=1S/C18H10O7/c1-6-2-10(20)15-12(22)5-9-14(18(15)25-6)17(24)8-3-7(19)4-11(21)13(8)16(9)23/h2-5,19,21-22H,1H3. The Morgan fingerprint density at radius 2 is 1.44 bits per heavy atom. The summed E-state index contributed by atoms with van der Waals surface area (Å²) in [5.41, 5.74) is -1.60. The Labute approximate surface area is 139 Å². The molecule has 0 spiro atoms. The van der Waals surface area contributed by atoms with Gasteiger partial charge in [0.25, 0.3) is 0 Å². The van der Waals surface area contributed by atoms with E-state index < -0.39 is 28.5 Å². The number of ketones is 2. The van der Waals surface area contributed by atoms with Gasteiger partial charge in [0.2, 0.25) is 0 Å². The number of benzene rings is 2. The fourth-order valence-corrected chi connectivity index (χ4v) is 3.14. The van der Waals surface area contributed by atoms with Crippen LogP contribution in [0.2, 0.25) is 0 Å². The lowest BCUT2D eigenvalue weighted by Crippen LogP contribution is -2.22. The van der Waals surface area contributed by atoms with E-state index in [-0.39, 0.29) is 44.7 Å². The first-order valence-corrected chi connectivity index (χ1v) is 7.25. The van der Waals surface area contributed by atoms with E-state index in [1.807, 2.05) is 0 Å². The molecule has 124 valence electrons. The minimum absolute atomic E-state index is 0.183. The van der Waals surface area contributed by atoms with Crippen molar-refractivity contribution >= 4 is 22.5 Å². The van der Waals surface area contributed by atoms with E-state index in [9.17, 15) is 29.7 Å². The molecule has 3 aromatic rings. The first kappa shape index (κ1) is 14.9. The number of fused-ring (bicyclic) bond motifs is 4. The topological polar surface area (TPSA) is 125 Å². The summed E-state index contributed by atoms with van der Waals surface area (Å²) in [5, 5.41) is 29.5. The average Bonchev–Trinajstić information content (AvgIpc) is 2.50. The first-order valence-electron chi connectivity index (χ1n) is 7.25. The summed E-state index contributed by atoms with van der Waals surface area (Å²) in [5.74, 6) is -2.65. The van der Waals surface area contributed by atoms with Gasteiger partial charge in [-0.1, -0.05) is 0 Å². The van der Waals surface area contributed by atoms with Crippen LogP contribution >= 0.6 is 0 Å². The fraction of sp³-hybridized carbons (Fsp3) is 0.0556. The Balaban J connectivity index is 2.20. The van der Waals surface area contributed by atoms with Crippen molar-refractivity contribution in [2.24, 2.45) is 0 Å². The second kappa shape index (κ2) is 4.70. The molecule has 1 aliphatic carbocycles. The van der Waals surface area contributed by atoms with Crippen molar-refractivity contribution in [3.8, 4) is 17.2 Å². The highest BCUT2D eigenvalue weighted by molar-refractivity contribution is 6.32. The number of phenols is 3. The van der Waals surface area contributed by atoms with Crippen LogP contribution in [0, 0.1) is 6.92 Å². The zero-order chi connectivity index (χ0) is 18.0. The second-order valence-electron chi connectivity index (χ2n) is 5.79. The Morgan fingerprint density at radius 1 is 0.800 bits per heavy atom. The molecule has 0 bridgehead atoms. The molecule has 1 heterocycles. The molecule has 2 aromatic carbocycles. The highest BCUT2D eigenvalue weighted by Gasteiger charge is 2.36. The zero-order valence-electron chi connectivity index (χ0n) is 12.8. The molecule has 0 radical (unpaired) electrons. The smallest absolute Gasteiger partial charge is 0.198 e. The van der Waals surface area contributed by atoms with E-state index in [4.69, 9.17) is 4.42 Å². The normalized spacial score (nSPS) is 13.0. The van der Waals surface area contributed by atoms with Crippen LogP contribution in [0.1, 0.15) is 37.6 Å². The van der Waals surface area contributed by atoms with Gasteiger partial charge in [0.15, 0.2) is 22.6 Å². The quantitative estimate of drug-likeness (QED) is 0.448. The third-order valence-electron chi connectivity index (χ3n) is 4.15. The van der Waals surface area contributed by atoms with E-state index in [2.05, 4.69) is 0 Å². The minimum atomic E-state index is -0.719. The van der Waals surface area contributed by atoms with Crippen LogP contribution in [-0.2, 0) is 0 Å². The Bertz CT molecular complexity index is 1180. The van der Waals surface area contributed by atoms with Crippen LogP contribution in [0.3, 0.4) is 0 Å². The fourth-order valence-electron chi connectivity index (χ4n) is 3.14. The monoisotopic (exact) mass is 338 g/mol. The third-order valence-corrected chi connectivity index (χ3v) is 4.15. The van der Waals surface area contributed by atoms with Crippen molar-refractivity contribution in [3.05, 3.63) is 62.5 Å². The maximum absolute atomic E-state index is 12.9. The van der Waals surface area contributed by atoms with Gasteiger partial charge in [0, 0.05) is 23.3 Å². The van der Waals surface area contributed by atoms with Gasteiger partial charge in [-0.2, -0.15) is 0 Å². The molecule has 0 atom stereocenters. The molecule has 7 heteroatoms. The van der Waals surface area contributed by atoms with Crippen molar-refractivity contribution in [2.45, 2.75) is 6.92 Å². The van der Waals surface area contributed by atoms with Gasteiger partial charge >= 0.3 is 0 Å². The van der Waals surface area contributed by atoms with Gasteiger partial charge in [0.1, 0.15) is 28.4 Å². The van der Waals surface area contributed by atoms with Crippen LogP contribution < -0.4 is 5.43 Å². The number of aromatic hydroxyl groups is 3. The van der Waals surface area contributed by atoms with E-state index in [1.165, 1.54) is 6.92 Å². The van der Waals surface area contributed by atoms with Gasteiger partial charge in [-0.05, 0) is 19.1 Å². The van der Waals surface area contributed by atoms with Gasteiger partial charge < -0.3 is 19.7 Å². The van der Waals surface area contributed by atoms with E-state index in [0.29, 0.717) is 0 Å². The van der Waals surface area contributed by atoms with Crippen LogP contribution in [-0.4, -0.2) is 26.9 Å². The van der Waals surface area contributed by atoms with Crippen LogP contribution in [0.25, 0.3) is 11.0 Å². The van der Waals surface area contributed by atoms with Crippen molar-refractivity contribution < 1.29 is 29.3 Å². The van der Waals surface area contributed by atoms with Crippen LogP contribution in [0.5, 0.6) is 17.2 Å². The maximum Gasteiger partial charge on any atom is 0.198 e. The molecule has 0 unspecified atom stereocenters. The van der Waals surface area contributed by atoms with Crippen molar-refractivity contribution in [2.75, 3.05) is 0 Å². The predicted octanol–water partition coefficient (Wildman–Crippen LogP) is 1.99. The molecular formula is C18H10O7. The third kappa shape index (κ3) is 1.89. The number of carbonyl (C=O) groups is 2. The highest BCUT2D eigenvalue weighted by Crippen LogP contribution is 2.40. The number of aryl methyl sites for hydroxylation is 1. The molecule has 25 heavy (non-hydrogen) atoms. The SMILES string of the molecule is Cc1cc(=O)c2c(O)cc3c(c2o1)C(=O)c1cc(O)cc(O)c1C3=O. The van der Waals surface area contributed by atoms with Crippen molar-refractivity contribution in [3.63, 3.8) is 0 Å². The number of phenolic OH excluding ortho intramolecular Hbond substituents is 3. The van der Waals surface area contributed by atoms with E-state index in [1.54, 1.807) is 0 Å². The largest absolute Gasteiger partial charge is 0.508 e. The van der Waals surface area contributed by atoms with Gasteiger partial charge in [0.05, 0.1) is 11.1 Å². The second-order valence-corrected chi connectivity index (χ2v) is 5.79. The summed E-state index contributed by atoms with van der Waals surface area (Å²) >= 11 is 0. The highest BCUT2D eigenvalue weighted by atomic mass is 16.3. The molecule has 1 aliphatic rings. The molecular weight excluding hydrogens is 328 g/mol. The molecule has 1 aromatic heterocycles. The van der Waals surface area contributed by atoms with Crippen molar-refractivity contribution in [1.82, 2.24) is 0 Å². The minimum Gasteiger partial charge on any atom is -0.508 e. The number of rotatable bonds is 0. The summed E-state index contributed by atoms with van der Waals surface area (Å²) in [6, 6.07) is 4.18. The van der Waals surface area contributed by atoms with E-state index in [0.717, 1.165) is 24.3 Å². The molecule has 3 N–H and O–H groups in total. The number of carbonyl (C=O) groups excluding carboxylic acids is 2. The van der Waals surface area contributed by atoms with Gasteiger partial charge in [-0.3, -0.25) is 14.4 Å². The molecule has 7 nitrogen and oxygen atoms in total. The lowest BCUT2D eigenvalue weighted by molar-refractivity contribution is 0.0976. The summed E-state index contributed by atoms with van der Waals surface area (Å²) in [4.78, 5) is 37.8. The lowest BCUT2D eigenvalue weighted by atomic mass is 9.82. The summed E-state index contributed by atoms with van der Waals surface area (Å²) in [6.07, 6.45) is 0.